The Kier molecular flexibility index (Phi) is 20.8. The van der Waals surface area contributed by atoms with Crippen LogP contribution in [0, 0.1) is 58.0 Å². The molecule has 0 spiro atoms. The van der Waals surface area contributed by atoms with Crippen molar-refractivity contribution in [3.63, 3.8) is 0 Å². The molecule has 340 valence electrons. The van der Waals surface area contributed by atoms with Gasteiger partial charge in [0.2, 0.25) is 0 Å². The van der Waals surface area contributed by atoms with Gasteiger partial charge in [0.25, 0.3) is 0 Å². The normalized spacial score (nSPS) is 14.2. The number of hydrogen-bond donors (Lipinski definition) is 0. The fourth-order valence-corrected chi connectivity index (χ4v) is 2.68. The molecule has 0 saturated heterocycles. The molecule has 28 heteroatoms. The maximum Gasteiger partial charge on any atom is 0.460 e. The summed E-state index contributed by atoms with van der Waals surface area (Å²) >= 11 is 0. The van der Waals surface area contributed by atoms with Gasteiger partial charge in [0.1, 0.15) is 0 Å². The Balaban J connectivity index is -0.000000374. The van der Waals surface area contributed by atoms with E-state index < -0.39 is 124 Å². The van der Waals surface area contributed by atoms with E-state index in [1.165, 1.54) is 62.3 Å². The van der Waals surface area contributed by atoms with Crippen molar-refractivity contribution in [1.29, 1.82) is 0 Å². The number of carbonyl (C=O) groups excluding carboxylic acids is 6. The molecule has 0 rings (SSSR count). The molecule has 0 atom stereocenters. The zero-order valence-electron chi connectivity index (χ0n) is 31.2. The Hall–Kier alpha value is -2.07. The molecule has 0 aliphatic carbocycles. The van der Waals surface area contributed by atoms with Crippen LogP contribution in [0.15, 0.2) is 0 Å². The molecule has 0 bridgehead atoms. The van der Waals surface area contributed by atoms with Gasteiger partial charge in [-0.2, -0.15) is 92.2 Å². The molecule has 0 fully saturated rings. The first-order valence-electron chi connectivity index (χ1n) is 14.9. The van der Waals surface area contributed by atoms with Crippen molar-refractivity contribution in [2.45, 2.75) is 136 Å². The molecule has 0 amide bonds. The van der Waals surface area contributed by atoms with Gasteiger partial charge in [0.05, 0.1) is 16.2 Å². The summed E-state index contributed by atoms with van der Waals surface area (Å²) in [5.74, 6) is -46.6. The summed E-state index contributed by atoms with van der Waals surface area (Å²) in [5.41, 5.74) is -3.47. The minimum absolute atomic E-state index is 0. The molecule has 58 heavy (non-hydrogen) atoms. The molecule has 0 aromatic rings. The zero-order chi connectivity index (χ0) is 47.6. The molecular formula is C30H39CeF21O6+6. The summed E-state index contributed by atoms with van der Waals surface area (Å²) in [4.78, 5) is 54.2. The predicted molar refractivity (Wildman–Crippen MR) is 162 cm³/mol. The molecule has 0 heterocycles. The summed E-state index contributed by atoms with van der Waals surface area (Å²) in [6.45, 7) is 11.7. The van der Waals surface area contributed by atoms with E-state index in [1.54, 1.807) is 0 Å². The van der Waals surface area contributed by atoms with Crippen LogP contribution in [0.3, 0.4) is 0 Å². The van der Waals surface area contributed by atoms with Crippen LogP contribution in [-0.2, 0) is 0 Å². The second kappa shape index (κ2) is 19.3. The molecular weight excluding hydrogens is 995 g/mol. The smallest absolute Gasteiger partial charge is 0.282 e. The van der Waals surface area contributed by atoms with Crippen LogP contribution in [0.1, 0.15) is 81.6 Å². The van der Waals surface area contributed by atoms with Crippen LogP contribution in [-0.4, -0.2) is 118 Å². The number of halogens is 21. The van der Waals surface area contributed by atoms with Crippen molar-refractivity contribution < 1.29 is 163 Å². The second-order valence-corrected chi connectivity index (χ2v) is 14.9. The zero-order valence-corrected chi connectivity index (χ0v) is 34.4. The summed E-state index contributed by atoms with van der Waals surface area (Å²) < 4.78 is 260. The van der Waals surface area contributed by atoms with E-state index in [1.807, 2.05) is 0 Å². The Morgan fingerprint density at radius 3 is 0.483 bits per heavy atom. The van der Waals surface area contributed by atoms with Crippen molar-refractivity contribution in [1.82, 2.24) is 0 Å². The summed E-state index contributed by atoms with van der Waals surface area (Å²) in [6, 6.07) is 0. The molecule has 0 unspecified atom stereocenters. The standard InChI is InChI=1S/3C10H11F7O2.Ce/c3*1-7(2,3)5(18)4-6(19)8(11,12)9(13,14)10(15,16)17;/h3*4H2,1-3H3;/p+6. The largest absolute Gasteiger partial charge is 0.460 e. The molecule has 0 aliphatic rings. The average Bonchev–Trinajstić information content (AvgIpc) is 2.93. The van der Waals surface area contributed by atoms with Gasteiger partial charge in [-0.05, 0) is 62.3 Å². The third kappa shape index (κ3) is 15.1. The number of alkyl halides is 21. The van der Waals surface area contributed by atoms with E-state index in [9.17, 15) is 107 Å². The van der Waals surface area contributed by atoms with E-state index in [0.717, 1.165) is 0 Å². The van der Waals surface area contributed by atoms with Crippen LogP contribution in [0.25, 0.3) is 0 Å². The summed E-state index contributed by atoms with van der Waals surface area (Å²) in [6.07, 6.45) is -24.0. The van der Waals surface area contributed by atoms with E-state index in [0.29, 0.717) is 0 Å². The third-order valence-corrected chi connectivity index (χ3v) is 6.94. The molecule has 0 radical (unpaired) electrons. The number of ketones is 6. The first-order valence-corrected chi connectivity index (χ1v) is 14.9. The fraction of sp³-hybridized carbons (Fsp3) is 0.800. The summed E-state index contributed by atoms with van der Waals surface area (Å²) in [5, 5.41) is 0. The first-order chi connectivity index (χ1) is 24.1. The van der Waals surface area contributed by atoms with E-state index in [2.05, 4.69) is 0 Å². The van der Waals surface area contributed by atoms with Gasteiger partial charge in [-0.3, -0.25) is 28.8 Å². The molecule has 0 aromatic carbocycles. The monoisotopic (exact) mass is 1030 g/mol. The van der Waals surface area contributed by atoms with Crippen molar-refractivity contribution in [2.75, 3.05) is 0 Å². The second-order valence-electron chi connectivity index (χ2n) is 14.9. The Morgan fingerprint density at radius 1 is 0.276 bits per heavy atom. The van der Waals surface area contributed by atoms with Gasteiger partial charge < -0.3 is 0 Å². The minimum Gasteiger partial charge on any atom is -0.282 e. The molecule has 0 aliphatic heterocycles. The summed E-state index contributed by atoms with van der Waals surface area (Å²) in [7, 11) is 0. The van der Waals surface area contributed by atoms with Crippen LogP contribution >= 0.6 is 0 Å². The molecule has 0 aromatic heterocycles. The van der Waals surface area contributed by atoms with Gasteiger partial charge >= 0.3 is 88.8 Å². The number of rotatable bonds is 12. The Morgan fingerprint density at radius 2 is 0.397 bits per heavy atom. The van der Waals surface area contributed by atoms with E-state index >= 15 is 0 Å². The Bertz CT molecular complexity index is 1310. The van der Waals surface area contributed by atoms with Gasteiger partial charge in [-0.15, -0.1) is 0 Å². The maximum atomic E-state index is 13.0. The average molecular weight is 1030 g/mol. The quantitative estimate of drug-likeness (QED) is 0.105. The third-order valence-electron chi connectivity index (χ3n) is 6.94. The van der Waals surface area contributed by atoms with Crippen LogP contribution in [0.2, 0.25) is 0 Å². The van der Waals surface area contributed by atoms with Gasteiger partial charge in [0.15, 0.2) is 19.3 Å². The number of hydrogen-bond acceptors (Lipinski definition) is 0. The van der Waals surface area contributed by atoms with Crippen molar-refractivity contribution >= 4 is 34.7 Å². The van der Waals surface area contributed by atoms with Gasteiger partial charge in [0, 0.05) is 41.7 Å². The maximum absolute atomic E-state index is 13.0. The molecule has 6 N–H and O–H groups in total. The first kappa shape index (κ1) is 62.6. The van der Waals surface area contributed by atoms with Crippen LogP contribution < -0.4 is 0 Å². The van der Waals surface area contributed by atoms with Crippen molar-refractivity contribution in [3.8, 4) is 0 Å². The fourth-order valence-electron chi connectivity index (χ4n) is 2.68. The van der Waals surface area contributed by atoms with Crippen molar-refractivity contribution in [2.24, 2.45) is 16.2 Å². The van der Waals surface area contributed by atoms with Crippen LogP contribution in [0.4, 0.5) is 92.2 Å². The predicted octanol–water partition coefficient (Wildman–Crippen LogP) is 10.0. The van der Waals surface area contributed by atoms with Crippen LogP contribution in [0.5, 0.6) is 0 Å². The Labute approximate surface area is 348 Å². The molecule has 6 nitrogen and oxygen atoms in total. The van der Waals surface area contributed by atoms with Gasteiger partial charge in [-0.1, -0.05) is 0 Å². The van der Waals surface area contributed by atoms with E-state index in [-0.39, 0.29) is 41.7 Å². The van der Waals surface area contributed by atoms with E-state index in [4.69, 9.17) is 14.4 Å². The van der Waals surface area contributed by atoms with Gasteiger partial charge in [-0.25, -0.2) is 0 Å². The SMILES string of the molecule is CC(C)(C)C(=[OH+])CC(=[OH+])C(F)(F)C(F)(F)C(F)(F)F.CC(C)(C)C(=[OH+])CC(=[OH+])C(F)(F)C(F)(F)C(F)(F)F.CC(C)(C)C(=[OH+])CC(=[OH+])C(F)(F)C(F)(F)C(F)(F)F.[Ce]. The molecule has 0 saturated carbocycles. The minimum atomic E-state index is -6.53. The topological polar surface area (TPSA) is 128 Å². The van der Waals surface area contributed by atoms with Crippen molar-refractivity contribution in [3.05, 3.63) is 0 Å².